The lowest BCUT2D eigenvalue weighted by atomic mass is 10.0. The zero-order chi connectivity index (χ0) is 13.0. The summed E-state index contributed by atoms with van der Waals surface area (Å²) in [5.41, 5.74) is 1.03. The van der Waals surface area contributed by atoms with Gasteiger partial charge in [0.25, 0.3) is 0 Å². The second-order valence-electron chi connectivity index (χ2n) is 4.37. The molecule has 0 aromatic carbocycles. The second-order valence-corrected chi connectivity index (χ2v) is 5.65. The first-order valence-corrected chi connectivity index (χ1v) is 6.51. The van der Waals surface area contributed by atoms with E-state index in [1.54, 1.807) is 11.3 Å². The van der Waals surface area contributed by atoms with E-state index in [1.165, 1.54) is 12.0 Å². The molecule has 1 unspecified atom stereocenters. The largest absolute Gasteiger partial charge is 0.468 e. The summed E-state index contributed by atoms with van der Waals surface area (Å²) in [4.78, 5) is 17.1. The summed E-state index contributed by atoms with van der Waals surface area (Å²) in [5, 5.41) is 4.29. The fraction of sp³-hybridized carbons (Fsp3) is 0.667. The molecular weight excluding hydrogens is 236 g/mol. The Morgan fingerprint density at radius 2 is 2.12 bits per heavy atom. The number of carbonyl (C=O) groups is 1. The van der Waals surface area contributed by atoms with Gasteiger partial charge in [0.15, 0.2) is 0 Å². The second kappa shape index (κ2) is 6.12. The molecule has 0 saturated heterocycles. The Bertz CT molecular complexity index is 388. The van der Waals surface area contributed by atoms with Gasteiger partial charge in [-0.15, -0.1) is 11.3 Å². The third-order valence-electron chi connectivity index (χ3n) is 2.60. The number of aromatic nitrogens is 1. The van der Waals surface area contributed by atoms with Crippen LogP contribution in [0.25, 0.3) is 0 Å². The maximum atomic E-state index is 11.6. The van der Waals surface area contributed by atoms with Crippen LogP contribution < -0.4 is 5.32 Å². The first-order chi connectivity index (χ1) is 7.95. The first kappa shape index (κ1) is 14.1. The molecule has 0 spiro atoms. The highest BCUT2D eigenvalue weighted by Crippen LogP contribution is 2.17. The maximum Gasteiger partial charge on any atom is 0.323 e. The van der Waals surface area contributed by atoms with Crippen molar-refractivity contribution in [1.29, 1.82) is 0 Å². The molecule has 0 fully saturated rings. The van der Waals surface area contributed by atoms with Crippen molar-refractivity contribution >= 4 is 17.3 Å². The van der Waals surface area contributed by atoms with E-state index in [9.17, 15) is 4.79 Å². The van der Waals surface area contributed by atoms with E-state index in [-0.39, 0.29) is 17.9 Å². The molecule has 0 aliphatic rings. The predicted molar refractivity (Wildman–Crippen MR) is 69.1 cm³/mol. The number of rotatable bonds is 5. The van der Waals surface area contributed by atoms with Crippen LogP contribution in [0.1, 0.15) is 29.4 Å². The fourth-order valence-electron chi connectivity index (χ4n) is 1.66. The first-order valence-electron chi connectivity index (χ1n) is 5.69. The molecule has 5 heteroatoms. The molecule has 1 N–H and O–H groups in total. The summed E-state index contributed by atoms with van der Waals surface area (Å²) in [6.07, 6.45) is 0. The summed E-state index contributed by atoms with van der Waals surface area (Å²) >= 11 is 1.66. The standard InChI is InChI=1S/C12H20N2O2S/c1-7(2)11(12(15)16-5)13-6-10-8(3)14-9(4)17-10/h7,11,13H,6H2,1-5H3. The molecule has 0 saturated carbocycles. The third kappa shape index (κ3) is 3.78. The minimum Gasteiger partial charge on any atom is -0.468 e. The quantitative estimate of drug-likeness (QED) is 0.819. The van der Waals surface area contributed by atoms with Crippen LogP contribution in [0, 0.1) is 19.8 Å². The van der Waals surface area contributed by atoms with Gasteiger partial charge in [0.05, 0.1) is 17.8 Å². The highest BCUT2D eigenvalue weighted by atomic mass is 32.1. The molecule has 4 nitrogen and oxygen atoms in total. The Morgan fingerprint density at radius 1 is 1.47 bits per heavy atom. The molecule has 96 valence electrons. The smallest absolute Gasteiger partial charge is 0.323 e. The number of nitrogens with zero attached hydrogens (tertiary/aromatic N) is 1. The van der Waals surface area contributed by atoms with Crippen LogP contribution in [0.4, 0.5) is 0 Å². The van der Waals surface area contributed by atoms with E-state index in [4.69, 9.17) is 4.74 Å². The van der Waals surface area contributed by atoms with Crippen molar-refractivity contribution in [3.05, 3.63) is 15.6 Å². The number of carbonyl (C=O) groups excluding carboxylic acids is 1. The molecule has 1 heterocycles. The molecule has 0 amide bonds. The number of hydrogen-bond acceptors (Lipinski definition) is 5. The topological polar surface area (TPSA) is 51.2 Å². The number of ether oxygens (including phenoxy) is 1. The molecule has 1 aromatic heterocycles. The number of aryl methyl sites for hydroxylation is 2. The lowest BCUT2D eigenvalue weighted by Gasteiger charge is -2.19. The van der Waals surface area contributed by atoms with Gasteiger partial charge in [-0.25, -0.2) is 4.98 Å². The Hall–Kier alpha value is -0.940. The Kier molecular flexibility index (Phi) is 5.08. The molecule has 0 aliphatic carbocycles. The number of methoxy groups -OCH3 is 1. The zero-order valence-corrected chi connectivity index (χ0v) is 11.9. The van der Waals surface area contributed by atoms with Gasteiger partial charge in [-0.05, 0) is 19.8 Å². The SMILES string of the molecule is COC(=O)C(NCc1sc(C)nc1C)C(C)C. The number of nitrogens with one attached hydrogen (secondary N) is 1. The Labute approximate surface area is 106 Å². The minimum atomic E-state index is -0.262. The summed E-state index contributed by atoms with van der Waals surface area (Å²) < 4.78 is 4.78. The molecule has 1 aromatic rings. The minimum absolute atomic E-state index is 0.205. The van der Waals surface area contributed by atoms with Gasteiger partial charge >= 0.3 is 5.97 Å². The van der Waals surface area contributed by atoms with Crippen molar-refractivity contribution in [1.82, 2.24) is 10.3 Å². The molecule has 1 atom stereocenters. The highest BCUT2D eigenvalue weighted by molar-refractivity contribution is 7.11. The van der Waals surface area contributed by atoms with E-state index in [0.29, 0.717) is 6.54 Å². The van der Waals surface area contributed by atoms with Crippen molar-refractivity contribution in [2.24, 2.45) is 5.92 Å². The van der Waals surface area contributed by atoms with Crippen LogP contribution >= 0.6 is 11.3 Å². The van der Waals surface area contributed by atoms with Crippen LogP contribution in [0.3, 0.4) is 0 Å². The van der Waals surface area contributed by atoms with Crippen LogP contribution in [-0.4, -0.2) is 24.1 Å². The number of esters is 1. The molecular formula is C12H20N2O2S. The number of thiazole rings is 1. The van der Waals surface area contributed by atoms with Gasteiger partial charge < -0.3 is 4.74 Å². The monoisotopic (exact) mass is 256 g/mol. The Morgan fingerprint density at radius 3 is 2.53 bits per heavy atom. The lowest BCUT2D eigenvalue weighted by molar-refractivity contribution is -0.144. The number of hydrogen-bond donors (Lipinski definition) is 1. The van der Waals surface area contributed by atoms with Crippen molar-refractivity contribution in [2.75, 3.05) is 7.11 Å². The molecule has 0 radical (unpaired) electrons. The normalized spacial score (nSPS) is 12.8. The fourth-order valence-corrected chi connectivity index (χ4v) is 2.55. The van der Waals surface area contributed by atoms with E-state index < -0.39 is 0 Å². The van der Waals surface area contributed by atoms with Gasteiger partial charge in [0.2, 0.25) is 0 Å². The van der Waals surface area contributed by atoms with E-state index in [0.717, 1.165) is 10.7 Å². The van der Waals surface area contributed by atoms with Crippen molar-refractivity contribution in [3.8, 4) is 0 Å². The highest BCUT2D eigenvalue weighted by Gasteiger charge is 2.22. The summed E-state index contributed by atoms with van der Waals surface area (Å²) in [7, 11) is 1.42. The molecule has 0 bridgehead atoms. The van der Waals surface area contributed by atoms with Crippen molar-refractivity contribution < 1.29 is 9.53 Å². The molecule has 0 aliphatic heterocycles. The van der Waals surface area contributed by atoms with E-state index in [2.05, 4.69) is 10.3 Å². The van der Waals surface area contributed by atoms with Gasteiger partial charge in [0.1, 0.15) is 6.04 Å². The van der Waals surface area contributed by atoms with Gasteiger partial charge in [0, 0.05) is 11.4 Å². The van der Waals surface area contributed by atoms with Gasteiger partial charge in [-0.1, -0.05) is 13.8 Å². The zero-order valence-electron chi connectivity index (χ0n) is 11.0. The van der Waals surface area contributed by atoms with Gasteiger partial charge in [-0.2, -0.15) is 0 Å². The average Bonchev–Trinajstić information content (AvgIpc) is 2.57. The lowest BCUT2D eigenvalue weighted by Crippen LogP contribution is -2.41. The van der Waals surface area contributed by atoms with Crippen molar-refractivity contribution in [3.63, 3.8) is 0 Å². The van der Waals surface area contributed by atoms with Crippen LogP contribution in [0.15, 0.2) is 0 Å². The summed E-state index contributed by atoms with van der Waals surface area (Å²) in [6.45, 7) is 8.64. The summed E-state index contributed by atoms with van der Waals surface area (Å²) in [6, 6.07) is -0.262. The van der Waals surface area contributed by atoms with Crippen molar-refractivity contribution in [2.45, 2.75) is 40.3 Å². The third-order valence-corrected chi connectivity index (χ3v) is 3.68. The van der Waals surface area contributed by atoms with E-state index in [1.807, 2.05) is 27.7 Å². The molecule has 17 heavy (non-hydrogen) atoms. The average molecular weight is 256 g/mol. The maximum absolute atomic E-state index is 11.6. The van der Waals surface area contributed by atoms with Crippen LogP contribution in [0.2, 0.25) is 0 Å². The Balaban J connectivity index is 2.64. The van der Waals surface area contributed by atoms with Crippen LogP contribution in [-0.2, 0) is 16.1 Å². The molecule has 1 rings (SSSR count). The van der Waals surface area contributed by atoms with Gasteiger partial charge in [-0.3, -0.25) is 10.1 Å². The van der Waals surface area contributed by atoms with E-state index >= 15 is 0 Å². The summed E-state index contributed by atoms with van der Waals surface area (Å²) in [5.74, 6) is -0.00401. The predicted octanol–water partition coefficient (Wildman–Crippen LogP) is 2.05. The van der Waals surface area contributed by atoms with Crippen LogP contribution in [0.5, 0.6) is 0 Å².